The molecule has 0 aromatic rings. The van der Waals surface area contributed by atoms with Gasteiger partial charge in [0.25, 0.3) is 0 Å². The third-order valence-corrected chi connectivity index (χ3v) is 3.08. The van der Waals surface area contributed by atoms with Gasteiger partial charge in [-0.2, -0.15) is 0 Å². The lowest BCUT2D eigenvalue weighted by Crippen LogP contribution is -2.01. The Balaban J connectivity index is 0. The van der Waals surface area contributed by atoms with Crippen LogP contribution in [-0.4, -0.2) is 25.7 Å². The van der Waals surface area contributed by atoms with Crippen molar-refractivity contribution < 1.29 is 17.6 Å². The van der Waals surface area contributed by atoms with Gasteiger partial charge in [-0.1, -0.05) is 58.8 Å². The molecule has 0 N–H and O–H groups in total. The van der Waals surface area contributed by atoms with E-state index in [1.165, 1.54) is 0 Å². The number of halogens is 4. The van der Waals surface area contributed by atoms with Crippen LogP contribution in [0.2, 0.25) is 0 Å². The van der Waals surface area contributed by atoms with Crippen molar-refractivity contribution in [2.75, 3.05) is 13.3 Å². The third kappa shape index (κ3) is 20.0. The van der Waals surface area contributed by atoms with Crippen LogP contribution < -0.4 is 0 Å². The van der Waals surface area contributed by atoms with E-state index >= 15 is 0 Å². The minimum absolute atomic E-state index is 0.0870. The molecule has 4 heteroatoms. The topological polar surface area (TPSA) is 0 Å². The lowest BCUT2D eigenvalue weighted by molar-refractivity contribution is 0.241. The van der Waals surface area contributed by atoms with E-state index in [4.69, 9.17) is 0 Å². The SMILES string of the molecule is CCCCCC(F)CCF.CCCCCCC(F)CF. The van der Waals surface area contributed by atoms with Gasteiger partial charge in [0.1, 0.15) is 19.0 Å². The summed E-state index contributed by atoms with van der Waals surface area (Å²) < 4.78 is 47.7. The lowest BCUT2D eigenvalue weighted by Gasteiger charge is -2.03. The maximum atomic E-state index is 12.5. The molecule has 0 saturated carbocycles. The maximum Gasteiger partial charge on any atom is 0.128 e. The molecule has 0 aromatic heterocycles. The Hall–Kier alpha value is -0.280. The van der Waals surface area contributed by atoms with E-state index in [-0.39, 0.29) is 6.42 Å². The maximum absolute atomic E-state index is 12.5. The van der Waals surface area contributed by atoms with Gasteiger partial charge >= 0.3 is 0 Å². The molecule has 0 aliphatic heterocycles. The Morgan fingerprint density at radius 2 is 1.15 bits per heavy atom. The van der Waals surface area contributed by atoms with Crippen molar-refractivity contribution in [3.05, 3.63) is 0 Å². The van der Waals surface area contributed by atoms with Gasteiger partial charge in [-0.25, -0.2) is 13.2 Å². The second kappa shape index (κ2) is 18.7. The highest BCUT2D eigenvalue weighted by molar-refractivity contribution is 4.55. The Labute approximate surface area is 122 Å². The van der Waals surface area contributed by atoms with E-state index in [2.05, 4.69) is 13.8 Å². The van der Waals surface area contributed by atoms with Gasteiger partial charge in [0.15, 0.2) is 0 Å². The van der Waals surface area contributed by atoms with E-state index in [0.29, 0.717) is 12.8 Å². The number of alkyl halides is 4. The molecule has 0 rings (SSSR count). The lowest BCUT2D eigenvalue weighted by atomic mass is 10.1. The van der Waals surface area contributed by atoms with Crippen LogP contribution in [0.3, 0.4) is 0 Å². The van der Waals surface area contributed by atoms with Crippen molar-refractivity contribution in [1.29, 1.82) is 0 Å². The highest BCUT2D eigenvalue weighted by Crippen LogP contribution is 2.09. The van der Waals surface area contributed by atoms with Crippen LogP contribution in [0, 0.1) is 0 Å². The first-order valence-electron chi connectivity index (χ1n) is 8.02. The van der Waals surface area contributed by atoms with Crippen LogP contribution >= 0.6 is 0 Å². The predicted molar refractivity (Wildman–Crippen MR) is 79.3 cm³/mol. The molecule has 124 valence electrons. The molecule has 0 aliphatic rings. The standard InChI is InChI=1S/2C8H16F2/c1-2-3-4-5-8(10)6-7-9;1-2-3-4-5-6-8(10)7-9/h2*8H,2-7H2,1H3. The predicted octanol–water partition coefficient (Wildman–Crippen LogP) is 6.53. The highest BCUT2D eigenvalue weighted by Gasteiger charge is 2.04. The molecular formula is C16H32F4. The average molecular weight is 300 g/mol. The fraction of sp³-hybridized carbons (Fsp3) is 1.00. The van der Waals surface area contributed by atoms with E-state index in [9.17, 15) is 17.6 Å². The van der Waals surface area contributed by atoms with E-state index < -0.39 is 25.7 Å². The van der Waals surface area contributed by atoms with Crippen molar-refractivity contribution in [2.24, 2.45) is 0 Å². The molecular weight excluding hydrogens is 268 g/mol. The van der Waals surface area contributed by atoms with Crippen LogP contribution in [0.1, 0.15) is 78.1 Å². The van der Waals surface area contributed by atoms with Crippen molar-refractivity contribution in [3.63, 3.8) is 0 Å². The molecule has 0 heterocycles. The molecule has 0 aromatic carbocycles. The summed E-state index contributed by atoms with van der Waals surface area (Å²) in [5.74, 6) is 0. The third-order valence-electron chi connectivity index (χ3n) is 3.08. The van der Waals surface area contributed by atoms with Gasteiger partial charge in [-0.3, -0.25) is 4.39 Å². The Bertz CT molecular complexity index is 165. The molecule has 0 saturated heterocycles. The zero-order valence-corrected chi connectivity index (χ0v) is 13.2. The van der Waals surface area contributed by atoms with Crippen LogP contribution in [0.15, 0.2) is 0 Å². The Morgan fingerprint density at radius 1 is 0.650 bits per heavy atom. The first-order chi connectivity index (χ1) is 9.62. The molecule has 0 fully saturated rings. The van der Waals surface area contributed by atoms with E-state index in [1.807, 2.05) is 0 Å². The summed E-state index contributed by atoms with van der Waals surface area (Å²) in [4.78, 5) is 0. The Kier molecular flexibility index (Phi) is 20.6. The number of rotatable bonds is 12. The molecule has 20 heavy (non-hydrogen) atoms. The smallest absolute Gasteiger partial charge is 0.128 e. The number of unbranched alkanes of at least 4 members (excludes halogenated alkanes) is 5. The summed E-state index contributed by atoms with van der Waals surface area (Å²) in [6.07, 6.45) is 6.12. The molecule has 0 spiro atoms. The van der Waals surface area contributed by atoms with Crippen LogP contribution in [-0.2, 0) is 0 Å². The first-order valence-corrected chi connectivity index (χ1v) is 8.02. The van der Waals surface area contributed by atoms with Gasteiger partial charge < -0.3 is 0 Å². The summed E-state index contributed by atoms with van der Waals surface area (Å²) in [5, 5.41) is 0. The molecule has 0 amide bonds. The minimum Gasteiger partial charge on any atom is -0.251 e. The molecule has 2 unspecified atom stereocenters. The summed E-state index contributed by atoms with van der Waals surface area (Å²) >= 11 is 0. The summed E-state index contributed by atoms with van der Waals surface area (Å²) in [7, 11) is 0. The van der Waals surface area contributed by atoms with Gasteiger partial charge in [0.2, 0.25) is 0 Å². The van der Waals surface area contributed by atoms with Crippen molar-refractivity contribution in [1.82, 2.24) is 0 Å². The molecule has 0 radical (unpaired) electrons. The average Bonchev–Trinajstić information content (AvgIpc) is 2.44. The van der Waals surface area contributed by atoms with E-state index in [1.54, 1.807) is 0 Å². The van der Waals surface area contributed by atoms with Gasteiger partial charge in [-0.05, 0) is 12.8 Å². The second-order valence-corrected chi connectivity index (χ2v) is 5.17. The molecule has 0 bridgehead atoms. The Morgan fingerprint density at radius 3 is 1.65 bits per heavy atom. The molecule has 0 aliphatic carbocycles. The number of hydrogen-bond donors (Lipinski definition) is 0. The monoisotopic (exact) mass is 300 g/mol. The fourth-order valence-corrected chi connectivity index (χ4v) is 1.75. The minimum atomic E-state index is -1.21. The first kappa shape index (κ1) is 22.0. The normalized spacial score (nSPS) is 13.5. The molecule has 2 atom stereocenters. The summed E-state index contributed by atoms with van der Waals surface area (Å²) in [6, 6.07) is 0. The molecule has 0 nitrogen and oxygen atoms in total. The second-order valence-electron chi connectivity index (χ2n) is 5.17. The fourth-order valence-electron chi connectivity index (χ4n) is 1.75. The van der Waals surface area contributed by atoms with Gasteiger partial charge in [-0.15, -0.1) is 0 Å². The zero-order chi connectivity index (χ0) is 15.6. The van der Waals surface area contributed by atoms with Crippen LogP contribution in [0.5, 0.6) is 0 Å². The van der Waals surface area contributed by atoms with Gasteiger partial charge in [0, 0.05) is 6.42 Å². The summed E-state index contributed by atoms with van der Waals surface area (Å²) in [6.45, 7) is 2.84. The highest BCUT2D eigenvalue weighted by atomic mass is 19.2. The van der Waals surface area contributed by atoms with E-state index in [0.717, 1.165) is 44.9 Å². The zero-order valence-electron chi connectivity index (χ0n) is 13.2. The van der Waals surface area contributed by atoms with Crippen LogP contribution in [0.25, 0.3) is 0 Å². The van der Waals surface area contributed by atoms with Crippen molar-refractivity contribution >= 4 is 0 Å². The summed E-state index contributed by atoms with van der Waals surface area (Å²) in [5.41, 5.74) is 0. The van der Waals surface area contributed by atoms with Crippen molar-refractivity contribution in [2.45, 2.75) is 90.4 Å². The largest absolute Gasteiger partial charge is 0.251 e. The quantitative estimate of drug-likeness (QED) is 0.284. The van der Waals surface area contributed by atoms with Crippen molar-refractivity contribution in [3.8, 4) is 0 Å². The number of hydrogen-bond acceptors (Lipinski definition) is 0. The van der Waals surface area contributed by atoms with Gasteiger partial charge in [0.05, 0.1) is 6.67 Å². The van der Waals surface area contributed by atoms with Crippen LogP contribution in [0.4, 0.5) is 17.6 Å².